The van der Waals surface area contributed by atoms with Crippen LogP contribution in [0.2, 0.25) is 0 Å². The lowest BCUT2D eigenvalue weighted by Gasteiger charge is -1.88. The fourth-order valence-corrected chi connectivity index (χ4v) is 1.31. The first-order chi connectivity index (χ1) is 6.29. The van der Waals surface area contributed by atoms with E-state index in [0.717, 1.165) is 17.7 Å². The number of ether oxygens (including phenoxy) is 1. The Hall–Kier alpha value is -0.340. The summed E-state index contributed by atoms with van der Waals surface area (Å²) in [6, 6.07) is 8.22. The first-order valence-corrected chi connectivity index (χ1v) is 5.38. The van der Waals surface area contributed by atoms with Crippen molar-refractivity contribution in [3.8, 4) is 0 Å². The van der Waals surface area contributed by atoms with Gasteiger partial charge in [0.2, 0.25) is 0 Å². The van der Waals surface area contributed by atoms with E-state index in [1.807, 2.05) is 12.1 Å². The molecule has 1 fully saturated rings. The molecule has 1 aromatic rings. The van der Waals surface area contributed by atoms with E-state index in [-0.39, 0.29) is 0 Å². The molecule has 0 atom stereocenters. The van der Waals surface area contributed by atoms with E-state index in [2.05, 4.69) is 35.0 Å². The highest BCUT2D eigenvalue weighted by Crippen LogP contribution is 2.08. The number of rotatable bonds is 0. The molecule has 2 heteroatoms. The van der Waals surface area contributed by atoms with E-state index in [1.54, 1.807) is 0 Å². The van der Waals surface area contributed by atoms with Crippen LogP contribution in [0.5, 0.6) is 0 Å². The molecule has 0 amide bonds. The van der Waals surface area contributed by atoms with Crippen LogP contribution in [-0.2, 0) is 4.74 Å². The quantitative estimate of drug-likeness (QED) is 0.677. The van der Waals surface area contributed by atoms with E-state index in [1.165, 1.54) is 18.4 Å². The van der Waals surface area contributed by atoms with Crippen LogP contribution in [0.3, 0.4) is 0 Å². The van der Waals surface area contributed by atoms with Crippen molar-refractivity contribution in [1.29, 1.82) is 0 Å². The average molecular weight is 243 g/mol. The second kappa shape index (κ2) is 6.17. The molecular weight excluding hydrogens is 228 g/mol. The highest BCUT2D eigenvalue weighted by Gasteiger charge is 1.94. The lowest BCUT2D eigenvalue weighted by atomic mass is 10.2. The number of hydrogen-bond acceptors (Lipinski definition) is 1. The van der Waals surface area contributed by atoms with Gasteiger partial charge in [-0.3, -0.25) is 0 Å². The molecule has 1 saturated heterocycles. The summed E-state index contributed by atoms with van der Waals surface area (Å²) >= 11 is 3.35. The molecule has 0 saturated carbocycles. The molecule has 1 aliphatic heterocycles. The van der Waals surface area contributed by atoms with Gasteiger partial charge in [-0.1, -0.05) is 33.6 Å². The molecule has 0 unspecified atom stereocenters. The van der Waals surface area contributed by atoms with Crippen molar-refractivity contribution in [2.24, 2.45) is 0 Å². The van der Waals surface area contributed by atoms with Gasteiger partial charge in [-0.05, 0) is 31.9 Å². The minimum absolute atomic E-state index is 1.00. The Morgan fingerprint density at radius 2 is 1.62 bits per heavy atom. The van der Waals surface area contributed by atoms with Crippen molar-refractivity contribution in [2.75, 3.05) is 13.2 Å². The Labute approximate surface area is 88.2 Å². The summed E-state index contributed by atoms with van der Waals surface area (Å²) in [6.07, 6.45) is 2.56. The topological polar surface area (TPSA) is 9.23 Å². The summed E-state index contributed by atoms with van der Waals surface area (Å²) in [4.78, 5) is 0. The zero-order valence-electron chi connectivity index (χ0n) is 7.92. The second-order valence-electron chi connectivity index (χ2n) is 3.12. The van der Waals surface area contributed by atoms with E-state index >= 15 is 0 Å². The van der Waals surface area contributed by atoms with E-state index in [0.29, 0.717) is 0 Å². The largest absolute Gasteiger partial charge is 0.381 e. The molecule has 0 N–H and O–H groups in total. The van der Waals surface area contributed by atoms with Crippen molar-refractivity contribution >= 4 is 15.9 Å². The Morgan fingerprint density at radius 3 is 1.92 bits per heavy atom. The molecule has 13 heavy (non-hydrogen) atoms. The molecule has 0 bridgehead atoms. The Kier molecular flexibility index (Phi) is 5.09. The Balaban J connectivity index is 0.000000145. The van der Waals surface area contributed by atoms with Crippen LogP contribution in [0.1, 0.15) is 18.4 Å². The minimum Gasteiger partial charge on any atom is -0.381 e. The van der Waals surface area contributed by atoms with Gasteiger partial charge in [0.05, 0.1) is 0 Å². The van der Waals surface area contributed by atoms with Gasteiger partial charge in [-0.15, -0.1) is 0 Å². The van der Waals surface area contributed by atoms with E-state index in [4.69, 9.17) is 4.74 Å². The van der Waals surface area contributed by atoms with Gasteiger partial charge in [-0.25, -0.2) is 0 Å². The lowest BCUT2D eigenvalue weighted by molar-refractivity contribution is 0.198. The molecule has 1 aliphatic rings. The standard InChI is InChI=1S/C7H7Br.C4H8O/c1-6-2-4-7(8)5-3-6;1-2-4-5-3-1/h2-5H,1H3;1-4H2. The fraction of sp³-hybridized carbons (Fsp3) is 0.455. The summed E-state index contributed by atoms with van der Waals surface area (Å²) in [5, 5.41) is 0. The van der Waals surface area contributed by atoms with Gasteiger partial charge in [0, 0.05) is 17.7 Å². The maximum Gasteiger partial charge on any atom is 0.0466 e. The van der Waals surface area contributed by atoms with E-state index in [9.17, 15) is 0 Å². The molecule has 1 heterocycles. The van der Waals surface area contributed by atoms with Crippen molar-refractivity contribution < 1.29 is 4.74 Å². The summed E-state index contributed by atoms with van der Waals surface area (Å²) in [5.41, 5.74) is 1.30. The molecule has 1 nitrogen and oxygen atoms in total. The average Bonchev–Trinajstić information content (AvgIpc) is 2.68. The smallest absolute Gasteiger partial charge is 0.0466 e. The summed E-state index contributed by atoms with van der Waals surface area (Å²) in [6.45, 7) is 4.08. The van der Waals surface area contributed by atoms with Crippen molar-refractivity contribution in [3.05, 3.63) is 34.3 Å². The molecule has 72 valence electrons. The summed E-state index contributed by atoms with van der Waals surface area (Å²) in [5.74, 6) is 0. The Morgan fingerprint density at radius 1 is 1.08 bits per heavy atom. The predicted octanol–water partition coefficient (Wildman–Crippen LogP) is 3.55. The monoisotopic (exact) mass is 242 g/mol. The first kappa shape index (κ1) is 10.7. The predicted molar refractivity (Wildman–Crippen MR) is 58.9 cm³/mol. The highest BCUT2D eigenvalue weighted by molar-refractivity contribution is 9.10. The Bertz CT molecular complexity index is 198. The van der Waals surface area contributed by atoms with Crippen molar-refractivity contribution in [1.82, 2.24) is 0 Å². The SMILES string of the molecule is C1CCOC1.Cc1ccc(Br)cc1. The third-order valence-electron chi connectivity index (χ3n) is 1.84. The van der Waals surface area contributed by atoms with Crippen LogP contribution in [0.15, 0.2) is 28.7 Å². The minimum atomic E-state index is 1.00. The van der Waals surface area contributed by atoms with Gasteiger partial charge in [-0.2, -0.15) is 0 Å². The first-order valence-electron chi connectivity index (χ1n) is 4.59. The summed E-state index contributed by atoms with van der Waals surface area (Å²) < 4.78 is 6.09. The molecule has 0 aromatic heterocycles. The third-order valence-corrected chi connectivity index (χ3v) is 2.37. The maximum atomic E-state index is 4.94. The van der Waals surface area contributed by atoms with Crippen molar-refractivity contribution in [3.63, 3.8) is 0 Å². The van der Waals surface area contributed by atoms with Gasteiger partial charge >= 0.3 is 0 Å². The molecule has 1 aromatic carbocycles. The number of halogens is 1. The van der Waals surface area contributed by atoms with Gasteiger partial charge in [0.25, 0.3) is 0 Å². The molecule has 2 rings (SSSR count). The van der Waals surface area contributed by atoms with Gasteiger partial charge in [0.1, 0.15) is 0 Å². The normalized spacial score (nSPS) is 14.9. The lowest BCUT2D eigenvalue weighted by Crippen LogP contribution is -1.74. The zero-order valence-corrected chi connectivity index (χ0v) is 9.51. The van der Waals surface area contributed by atoms with Crippen LogP contribution in [-0.4, -0.2) is 13.2 Å². The van der Waals surface area contributed by atoms with E-state index < -0.39 is 0 Å². The van der Waals surface area contributed by atoms with Crippen LogP contribution in [0, 0.1) is 6.92 Å². The number of hydrogen-bond donors (Lipinski definition) is 0. The van der Waals surface area contributed by atoms with Crippen LogP contribution >= 0.6 is 15.9 Å². The molecular formula is C11H15BrO. The number of benzene rings is 1. The zero-order chi connectivity index (χ0) is 9.52. The van der Waals surface area contributed by atoms with Crippen LogP contribution in [0.25, 0.3) is 0 Å². The molecule has 0 aliphatic carbocycles. The second-order valence-corrected chi connectivity index (χ2v) is 4.03. The van der Waals surface area contributed by atoms with Gasteiger partial charge < -0.3 is 4.74 Å². The fourth-order valence-electron chi connectivity index (χ4n) is 1.04. The van der Waals surface area contributed by atoms with Crippen molar-refractivity contribution in [2.45, 2.75) is 19.8 Å². The highest BCUT2D eigenvalue weighted by atomic mass is 79.9. The van der Waals surface area contributed by atoms with Crippen LogP contribution < -0.4 is 0 Å². The third kappa shape index (κ3) is 5.06. The molecule has 0 spiro atoms. The molecule has 0 radical (unpaired) electrons. The maximum absolute atomic E-state index is 4.94. The van der Waals surface area contributed by atoms with Gasteiger partial charge in [0.15, 0.2) is 0 Å². The number of aryl methyl sites for hydroxylation is 1. The summed E-state index contributed by atoms with van der Waals surface area (Å²) in [7, 11) is 0. The van der Waals surface area contributed by atoms with Crippen LogP contribution in [0.4, 0.5) is 0 Å².